The fourth-order valence-corrected chi connectivity index (χ4v) is 0.515. The monoisotopic (exact) mass is 154 g/mol. The second kappa shape index (κ2) is 4.97. The molecule has 0 spiro atoms. The molecule has 2 heteroatoms. The Balaban J connectivity index is 3.54. The van der Waals surface area contributed by atoms with Gasteiger partial charge in [0.15, 0.2) is 0 Å². The lowest BCUT2D eigenvalue weighted by Gasteiger charge is -2.12. The van der Waals surface area contributed by atoms with E-state index in [2.05, 4.69) is 32.3 Å². The molecule has 64 valence electrons. The summed E-state index contributed by atoms with van der Waals surface area (Å²) in [6.07, 6.45) is 0. The lowest BCUT2D eigenvalue weighted by Crippen LogP contribution is -2.22. The molecule has 0 saturated heterocycles. The molecule has 0 atom stereocenters. The van der Waals surface area contributed by atoms with Crippen LogP contribution in [0.15, 0.2) is 24.4 Å². The van der Waals surface area contributed by atoms with Crippen molar-refractivity contribution in [2.75, 3.05) is 13.1 Å². The van der Waals surface area contributed by atoms with Gasteiger partial charge in [0, 0.05) is 18.8 Å². The van der Waals surface area contributed by atoms with Gasteiger partial charge in [0.2, 0.25) is 0 Å². The van der Waals surface area contributed by atoms with Crippen molar-refractivity contribution in [3.05, 3.63) is 24.4 Å². The van der Waals surface area contributed by atoms with E-state index in [9.17, 15) is 0 Å². The highest BCUT2D eigenvalue weighted by Crippen LogP contribution is 2.04. The summed E-state index contributed by atoms with van der Waals surface area (Å²) in [5.74, 6) is 0.521. The molecule has 0 aromatic carbocycles. The van der Waals surface area contributed by atoms with Gasteiger partial charge in [-0.3, -0.25) is 0 Å². The van der Waals surface area contributed by atoms with E-state index in [1.54, 1.807) is 0 Å². The third-order valence-corrected chi connectivity index (χ3v) is 1.63. The van der Waals surface area contributed by atoms with Crippen LogP contribution in [0, 0.1) is 5.92 Å². The summed E-state index contributed by atoms with van der Waals surface area (Å²) >= 11 is 0. The van der Waals surface area contributed by atoms with E-state index >= 15 is 0 Å². The van der Waals surface area contributed by atoms with Gasteiger partial charge in [0.1, 0.15) is 0 Å². The average molecular weight is 154 g/mol. The van der Waals surface area contributed by atoms with Gasteiger partial charge in [0.05, 0.1) is 0 Å². The molecule has 2 nitrogen and oxygen atoms in total. The zero-order valence-corrected chi connectivity index (χ0v) is 7.48. The van der Waals surface area contributed by atoms with Crippen LogP contribution in [0.4, 0.5) is 0 Å². The van der Waals surface area contributed by atoms with Crippen LogP contribution >= 0.6 is 0 Å². The van der Waals surface area contributed by atoms with Gasteiger partial charge >= 0.3 is 0 Å². The van der Waals surface area contributed by atoms with Gasteiger partial charge in [-0.2, -0.15) is 0 Å². The van der Waals surface area contributed by atoms with Gasteiger partial charge in [-0.1, -0.05) is 32.6 Å². The highest BCUT2D eigenvalue weighted by molar-refractivity contribution is 5.04. The van der Waals surface area contributed by atoms with Crippen LogP contribution in [0.1, 0.15) is 13.8 Å². The van der Waals surface area contributed by atoms with E-state index in [-0.39, 0.29) is 0 Å². The summed E-state index contributed by atoms with van der Waals surface area (Å²) in [5, 5.41) is 3.09. The van der Waals surface area contributed by atoms with Crippen LogP contribution in [0.2, 0.25) is 0 Å². The number of rotatable bonds is 5. The molecule has 0 amide bonds. The zero-order chi connectivity index (χ0) is 8.85. The summed E-state index contributed by atoms with van der Waals surface area (Å²) in [6.45, 7) is 13.2. The standard InChI is InChI=1S/C9H18N2/c1-7(2)8(3)6-11-9(4)5-10/h7,11H,3-6,10H2,1-2H3. The Morgan fingerprint density at radius 2 is 2.00 bits per heavy atom. The van der Waals surface area contributed by atoms with E-state index in [4.69, 9.17) is 5.73 Å². The van der Waals surface area contributed by atoms with E-state index in [1.165, 1.54) is 5.57 Å². The maximum atomic E-state index is 5.34. The molecule has 0 bridgehead atoms. The van der Waals surface area contributed by atoms with E-state index in [0.29, 0.717) is 12.5 Å². The summed E-state index contributed by atoms with van der Waals surface area (Å²) < 4.78 is 0. The number of nitrogens with two attached hydrogens (primary N) is 1. The molecule has 0 unspecified atom stereocenters. The summed E-state index contributed by atoms with van der Waals surface area (Å²) in [5.41, 5.74) is 7.39. The van der Waals surface area contributed by atoms with Crippen LogP contribution < -0.4 is 11.1 Å². The Bertz CT molecular complexity index is 148. The molecule has 0 saturated carbocycles. The molecule has 0 aromatic rings. The summed E-state index contributed by atoms with van der Waals surface area (Å²) in [4.78, 5) is 0. The molecule has 0 rings (SSSR count). The largest absolute Gasteiger partial charge is 0.384 e. The average Bonchev–Trinajstić information content (AvgIpc) is 1.99. The van der Waals surface area contributed by atoms with Crippen molar-refractivity contribution < 1.29 is 0 Å². The van der Waals surface area contributed by atoms with Crippen molar-refractivity contribution in [1.82, 2.24) is 5.32 Å². The first-order valence-electron chi connectivity index (χ1n) is 3.87. The lowest BCUT2D eigenvalue weighted by atomic mass is 10.1. The Kier molecular flexibility index (Phi) is 4.62. The molecule has 0 aliphatic heterocycles. The Labute approximate surface area is 69.2 Å². The van der Waals surface area contributed by atoms with Gasteiger partial charge in [-0.25, -0.2) is 0 Å². The number of hydrogen-bond donors (Lipinski definition) is 2. The molecule has 0 aliphatic carbocycles. The minimum absolute atomic E-state index is 0.491. The van der Waals surface area contributed by atoms with Gasteiger partial charge in [-0.05, 0) is 5.92 Å². The molecule has 0 radical (unpaired) electrons. The van der Waals surface area contributed by atoms with Crippen molar-refractivity contribution in [3.8, 4) is 0 Å². The quantitative estimate of drug-likeness (QED) is 0.585. The zero-order valence-electron chi connectivity index (χ0n) is 7.48. The Morgan fingerprint density at radius 3 is 2.36 bits per heavy atom. The molecule has 3 N–H and O–H groups in total. The SMILES string of the molecule is C=C(CN)NCC(=C)C(C)C. The molecule has 0 heterocycles. The van der Waals surface area contributed by atoms with Crippen LogP contribution in [0.5, 0.6) is 0 Å². The first kappa shape index (κ1) is 10.2. The number of hydrogen-bond acceptors (Lipinski definition) is 2. The fraction of sp³-hybridized carbons (Fsp3) is 0.556. The maximum absolute atomic E-state index is 5.34. The van der Waals surface area contributed by atoms with Crippen molar-refractivity contribution in [1.29, 1.82) is 0 Å². The smallest absolute Gasteiger partial charge is 0.0357 e. The highest BCUT2D eigenvalue weighted by Gasteiger charge is 1.98. The van der Waals surface area contributed by atoms with Crippen LogP contribution in [0.3, 0.4) is 0 Å². The van der Waals surface area contributed by atoms with Crippen LogP contribution in [-0.2, 0) is 0 Å². The normalized spacial score (nSPS) is 9.82. The van der Waals surface area contributed by atoms with Crippen molar-refractivity contribution >= 4 is 0 Å². The Hall–Kier alpha value is -0.760. The predicted octanol–water partition coefficient (Wildman–Crippen LogP) is 1.26. The first-order chi connectivity index (χ1) is 5.07. The number of nitrogens with one attached hydrogen (secondary N) is 1. The van der Waals surface area contributed by atoms with Gasteiger partial charge in [0.25, 0.3) is 0 Å². The third-order valence-electron chi connectivity index (χ3n) is 1.63. The molecule has 0 aliphatic rings. The molecular weight excluding hydrogens is 136 g/mol. The lowest BCUT2D eigenvalue weighted by molar-refractivity contribution is 0.706. The van der Waals surface area contributed by atoms with Crippen molar-refractivity contribution in [2.45, 2.75) is 13.8 Å². The first-order valence-corrected chi connectivity index (χ1v) is 3.87. The van der Waals surface area contributed by atoms with E-state index < -0.39 is 0 Å². The predicted molar refractivity (Wildman–Crippen MR) is 50.2 cm³/mol. The van der Waals surface area contributed by atoms with Crippen LogP contribution in [0.25, 0.3) is 0 Å². The minimum Gasteiger partial charge on any atom is -0.384 e. The Morgan fingerprint density at radius 1 is 1.45 bits per heavy atom. The van der Waals surface area contributed by atoms with Crippen molar-refractivity contribution in [2.24, 2.45) is 11.7 Å². The summed E-state index contributed by atoms with van der Waals surface area (Å²) in [6, 6.07) is 0. The molecule has 0 fully saturated rings. The topological polar surface area (TPSA) is 38.0 Å². The van der Waals surface area contributed by atoms with E-state index in [0.717, 1.165) is 12.2 Å². The third kappa shape index (κ3) is 4.62. The van der Waals surface area contributed by atoms with Gasteiger partial charge < -0.3 is 11.1 Å². The maximum Gasteiger partial charge on any atom is 0.0357 e. The molecular formula is C9H18N2. The fourth-order valence-electron chi connectivity index (χ4n) is 0.515. The molecule has 0 aromatic heterocycles. The van der Waals surface area contributed by atoms with Gasteiger partial charge in [-0.15, -0.1) is 0 Å². The summed E-state index contributed by atoms with van der Waals surface area (Å²) in [7, 11) is 0. The highest BCUT2D eigenvalue weighted by atomic mass is 14.9. The second-order valence-corrected chi connectivity index (χ2v) is 2.97. The van der Waals surface area contributed by atoms with Crippen LogP contribution in [-0.4, -0.2) is 13.1 Å². The molecule has 11 heavy (non-hydrogen) atoms. The second-order valence-electron chi connectivity index (χ2n) is 2.97. The van der Waals surface area contributed by atoms with Crippen molar-refractivity contribution in [3.63, 3.8) is 0 Å². The van der Waals surface area contributed by atoms with E-state index in [1.807, 2.05) is 0 Å². The minimum atomic E-state index is 0.491.